The van der Waals surface area contributed by atoms with Gasteiger partial charge < -0.3 is 15.5 Å². The van der Waals surface area contributed by atoms with Crippen LogP contribution in [0.2, 0.25) is 0 Å². The molecular weight excluding hydrogens is 435 g/mol. The second kappa shape index (κ2) is 8.03. The third-order valence-electron chi connectivity index (χ3n) is 7.14. The smallest absolute Gasteiger partial charge is 0.250 e. The molecule has 1 amide bonds. The van der Waals surface area contributed by atoms with Crippen molar-refractivity contribution in [2.75, 3.05) is 22.1 Å². The van der Waals surface area contributed by atoms with Crippen molar-refractivity contribution in [3.63, 3.8) is 0 Å². The molecule has 9 nitrogen and oxygen atoms in total. The van der Waals surface area contributed by atoms with Gasteiger partial charge in [-0.1, -0.05) is 0 Å². The van der Waals surface area contributed by atoms with Crippen molar-refractivity contribution in [1.29, 1.82) is 0 Å². The number of aromatic amines is 1. The summed E-state index contributed by atoms with van der Waals surface area (Å²) in [6, 6.07) is 4.80. The molecule has 3 aliphatic rings. The average molecular weight is 463 g/mol. The van der Waals surface area contributed by atoms with Crippen LogP contribution in [0.5, 0.6) is 0 Å². The second-order valence-electron chi connectivity index (χ2n) is 9.61. The zero-order valence-electron chi connectivity index (χ0n) is 19.1. The van der Waals surface area contributed by atoms with Crippen molar-refractivity contribution >= 4 is 29.2 Å². The summed E-state index contributed by atoms with van der Waals surface area (Å²) in [5.41, 5.74) is 2.95. The molecule has 1 saturated carbocycles. The van der Waals surface area contributed by atoms with Crippen LogP contribution in [0.25, 0.3) is 0 Å². The van der Waals surface area contributed by atoms with Crippen molar-refractivity contribution in [3.8, 4) is 0 Å². The Bertz CT molecular complexity index is 1240. The Balaban J connectivity index is 1.29. The van der Waals surface area contributed by atoms with Gasteiger partial charge in [-0.3, -0.25) is 9.89 Å². The summed E-state index contributed by atoms with van der Waals surface area (Å²) in [6.45, 7) is 2.59. The van der Waals surface area contributed by atoms with Gasteiger partial charge in [-0.05, 0) is 64.0 Å². The van der Waals surface area contributed by atoms with Gasteiger partial charge in [0.1, 0.15) is 11.4 Å². The van der Waals surface area contributed by atoms with Crippen LogP contribution in [-0.4, -0.2) is 43.1 Å². The number of anilines is 4. The van der Waals surface area contributed by atoms with E-state index in [1.54, 1.807) is 0 Å². The molecule has 1 atom stereocenters. The molecule has 2 aliphatic carbocycles. The number of carbonyl (C=O) groups is 1. The van der Waals surface area contributed by atoms with Gasteiger partial charge in [0, 0.05) is 29.8 Å². The van der Waals surface area contributed by atoms with E-state index in [2.05, 4.69) is 31.9 Å². The number of hydrogen-bond acceptors (Lipinski definition) is 7. The zero-order chi connectivity index (χ0) is 23.3. The van der Waals surface area contributed by atoms with E-state index in [9.17, 15) is 9.18 Å². The Morgan fingerprint density at radius 3 is 2.91 bits per heavy atom. The largest absolute Gasteiger partial charge is 0.326 e. The number of halogens is 1. The maximum Gasteiger partial charge on any atom is 0.250 e. The van der Waals surface area contributed by atoms with Crippen LogP contribution in [-0.2, 0) is 17.6 Å². The van der Waals surface area contributed by atoms with Crippen LogP contribution >= 0.6 is 0 Å². The molecular formula is C24H27FN8O. The van der Waals surface area contributed by atoms with Crippen LogP contribution in [0, 0.1) is 5.95 Å². The van der Waals surface area contributed by atoms with E-state index in [1.165, 1.54) is 31.2 Å². The number of H-pyrrole nitrogens is 1. The standard InChI is InChI=1S/C24H27FN8O/c1-24(22(34)27-15-8-9-19(25)26-13-15)10-3-11-33(24)23-28-17-5-2-4-16(17)21(30-23)29-20-12-18(31-32-20)14-6-7-14/h8-9,12-14H,2-7,10-11H2,1H3,(H,27,34)(H2,28,29,30,31,32). The predicted octanol–water partition coefficient (Wildman–Crippen LogP) is 3.84. The summed E-state index contributed by atoms with van der Waals surface area (Å²) in [4.78, 5) is 28.7. The summed E-state index contributed by atoms with van der Waals surface area (Å²) < 4.78 is 13.2. The molecule has 0 bridgehead atoms. The van der Waals surface area contributed by atoms with E-state index in [0.29, 0.717) is 30.5 Å². The van der Waals surface area contributed by atoms with E-state index < -0.39 is 11.5 Å². The lowest BCUT2D eigenvalue weighted by atomic mass is 9.97. The SMILES string of the molecule is CC1(C(=O)Nc2ccc(F)nc2)CCCN1c1nc2c(c(Nc3cc(C4CC4)[nH]n3)n1)CCC2. The first-order valence-electron chi connectivity index (χ1n) is 11.9. The molecule has 3 aromatic rings. The fraction of sp³-hybridized carbons (Fsp3) is 0.458. The molecule has 6 rings (SSSR count). The monoisotopic (exact) mass is 462 g/mol. The minimum absolute atomic E-state index is 0.182. The highest BCUT2D eigenvalue weighted by molar-refractivity contribution is 6.00. The molecule has 4 heterocycles. The molecule has 0 radical (unpaired) electrons. The van der Waals surface area contributed by atoms with Crippen molar-refractivity contribution in [3.05, 3.63) is 47.3 Å². The van der Waals surface area contributed by atoms with Crippen LogP contribution in [0.3, 0.4) is 0 Å². The Hall–Kier alpha value is -3.56. The summed E-state index contributed by atoms with van der Waals surface area (Å²) in [7, 11) is 0. The lowest BCUT2D eigenvalue weighted by molar-refractivity contribution is -0.120. The van der Waals surface area contributed by atoms with E-state index in [0.717, 1.165) is 54.3 Å². The number of nitrogens with one attached hydrogen (secondary N) is 3. The second-order valence-corrected chi connectivity index (χ2v) is 9.61. The van der Waals surface area contributed by atoms with E-state index in [4.69, 9.17) is 9.97 Å². The summed E-state index contributed by atoms with van der Waals surface area (Å²) >= 11 is 0. The number of rotatable bonds is 6. The highest BCUT2D eigenvalue weighted by atomic mass is 19.1. The Labute approximate surface area is 196 Å². The van der Waals surface area contributed by atoms with Gasteiger partial charge in [0.15, 0.2) is 5.82 Å². The van der Waals surface area contributed by atoms with Gasteiger partial charge >= 0.3 is 0 Å². The number of aryl methyl sites for hydroxylation is 1. The lowest BCUT2D eigenvalue weighted by Gasteiger charge is -2.34. The minimum atomic E-state index is -0.829. The number of fused-ring (bicyclic) bond motifs is 1. The van der Waals surface area contributed by atoms with Gasteiger partial charge in [-0.25, -0.2) is 9.97 Å². The Morgan fingerprint density at radius 1 is 1.24 bits per heavy atom. The maximum absolute atomic E-state index is 13.3. The highest BCUT2D eigenvalue weighted by Gasteiger charge is 2.45. The lowest BCUT2D eigenvalue weighted by Crippen LogP contribution is -2.51. The third kappa shape index (κ3) is 3.76. The predicted molar refractivity (Wildman–Crippen MR) is 126 cm³/mol. The molecule has 3 N–H and O–H groups in total. The van der Waals surface area contributed by atoms with E-state index >= 15 is 0 Å². The fourth-order valence-corrected chi connectivity index (χ4v) is 5.00. The highest BCUT2D eigenvalue weighted by Crippen LogP contribution is 2.40. The molecule has 34 heavy (non-hydrogen) atoms. The van der Waals surface area contributed by atoms with Gasteiger partial charge in [-0.2, -0.15) is 14.5 Å². The molecule has 2 fully saturated rings. The number of amides is 1. The first-order valence-corrected chi connectivity index (χ1v) is 11.9. The number of aromatic nitrogens is 5. The molecule has 3 aromatic heterocycles. The van der Waals surface area contributed by atoms with Crippen molar-refractivity contribution in [2.45, 2.75) is 63.3 Å². The molecule has 1 saturated heterocycles. The quantitative estimate of drug-likeness (QED) is 0.477. The topological polar surface area (TPSA) is 112 Å². The van der Waals surface area contributed by atoms with E-state index in [1.807, 2.05) is 11.8 Å². The van der Waals surface area contributed by atoms with Crippen molar-refractivity contribution in [1.82, 2.24) is 25.1 Å². The first-order chi connectivity index (χ1) is 16.5. The van der Waals surface area contributed by atoms with Crippen molar-refractivity contribution in [2.24, 2.45) is 0 Å². The molecule has 10 heteroatoms. The van der Waals surface area contributed by atoms with E-state index in [-0.39, 0.29) is 5.91 Å². The van der Waals surface area contributed by atoms with Crippen molar-refractivity contribution < 1.29 is 9.18 Å². The number of pyridine rings is 1. The molecule has 0 aromatic carbocycles. The van der Waals surface area contributed by atoms with Crippen LogP contribution < -0.4 is 15.5 Å². The van der Waals surface area contributed by atoms with Gasteiger partial charge in [0.05, 0.1) is 17.6 Å². The Morgan fingerprint density at radius 2 is 2.12 bits per heavy atom. The molecule has 176 valence electrons. The zero-order valence-corrected chi connectivity index (χ0v) is 19.1. The van der Waals surface area contributed by atoms with Gasteiger partial charge in [0.25, 0.3) is 0 Å². The van der Waals surface area contributed by atoms with Crippen LogP contribution in [0.1, 0.15) is 61.9 Å². The average Bonchev–Trinajstić information content (AvgIpc) is 3.20. The van der Waals surface area contributed by atoms with Crippen LogP contribution in [0.4, 0.5) is 27.7 Å². The Kier molecular flexibility index (Phi) is 4.96. The van der Waals surface area contributed by atoms with Crippen LogP contribution in [0.15, 0.2) is 24.4 Å². The summed E-state index contributed by atoms with van der Waals surface area (Å²) in [5.74, 6) is 1.90. The van der Waals surface area contributed by atoms with Gasteiger partial charge in [-0.15, -0.1) is 0 Å². The normalized spacial score (nSPS) is 21.5. The molecule has 1 unspecified atom stereocenters. The summed E-state index contributed by atoms with van der Waals surface area (Å²) in [5, 5.41) is 13.9. The first kappa shape index (κ1) is 21.0. The summed E-state index contributed by atoms with van der Waals surface area (Å²) in [6.07, 6.45) is 8.10. The number of hydrogen-bond donors (Lipinski definition) is 3. The molecule has 0 spiro atoms. The maximum atomic E-state index is 13.3. The molecule has 1 aliphatic heterocycles. The number of nitrogens with zero attached hydrogens (tertiary/aromatic N) is 5. The number of carbonyl (C=O) groups excluding carboxylic acids is 1. The van der Waals surface area contributed by atoms with Gasteiger partial charge in [0.2, 0.25) is 17.8 Å². The fourth-order valence-electron chi connectivity index (χ4n) is 5.00. The third-order valence-corrected chi connectivity index (χ3v) is 7.14. The minimum Gasteiger partial charge on any atom is -0.326 e.